The third kappa shape index (κ3) is 1.54. The van der Waals surface area contributed by atoms with Gasteiger partial charge in [0.05, 0.1) is 11.3 Å². The highest BCUT2D eigenvalue weighted by atomic mass is 16.2. The lowest BCUT2D eigenvalue weighted by atomic mass is 10.0. The van der Waals surface area contributed by atoms with E-state index in [0.717, 1.165) is 0 Å². The van der Waals surface area contributed by atoms with Gasteiger partial charge in [0.1, 0.15) is 5.54 Å². The van der Waals surface area contributed by atoms with Crippen LogP contribution in [0.25, 0.3) is 0 Å². The van der Waals surface area contributed by atoms with Crippen molar-refractivity contribution in [2.45, 2.75) is 19.4 Å². The smallest absolute Gasteiger partial charge is 0.258 e. The van der Waals surface area contributed by atoms with E-state index in [1.54, 1.807) is 39.1 Å². The minimum atomic E-state index is -0.900. The van der Waals surface area contributed by atoms with Crippen molar-refractivity contribution in [2.24, 2.45) is 0 Å². The molecule has 5 heteroatoms. The molecule has 1 aromatic carbocycles. The summed E-state index contributed by atoms with van der Waals surface area (Å²) in [5, 5.41) is 2.73. The second kappa shape index (κ2) is 3.48. The SMILES string of the molecule is CN1C(=O)c2c(N)cccc2NC(=O)C1(C)C. The van der Waals surface area contributed by atoms with Crippen LogP contribution in [-0.4, -0.2) is 29.3 Å². The Morgan fingerprint density at radius 2 is 1.94 bits per heavy atom. The van der Waals surface area contributed by atoms with Gasteiger partial charge < -0.3 is 16.0 Å². The maximum absolute atomic E-state index is 12.3. The molecule has 0 atom stereocenters. The number of amides is 2. The molecule has 2 amide bonds. The molecule has 0 saturated heterocycles. The Hall–Kier alpha value is -2.04. The largest absolute Gasteiger partial charge is 0.398 e. The first-order valence-electron chi connectivity index (χ1n) is 5.34. The number of carbonyl (C=O) groups is 2. The standard InChI is InChI=1S/C12H15N3O2/c1-12(2)11(17)14-8-6-4-5-7(13)9(8)10(16)15(12)3/h4-6H,13H2,1-3H3,(H,14,17). The molecular weight excluding hydrogens is 218 g/mol. The van der Waals surface area contributed by atoms with Crippen molar-refractivity contribution in [1.82, 2.24) is 4.90 Å². The number of fused-ring (bicyclic) bond motifs is 1. The van der Waals surface area contributed by atoms with E-state index in [1.807, 2.05) is 0 Å². The molecule has 5 nitrogen and oxygen atoms in total. The molecule has 0 aromatic heterocycles. The number of nitrogen functional groups attached to an aromatic ring is 1. The first-order valence-corrected chi connectivity index (χ1v) is 5.34. The first kappa shape index (κ1) is 11.4. The van der Waals surface area contributed by atoms with Crippen LogP contribution >= 0.6 is 0 Å². The number of carbonyl (C=O) groups excluding carboxylic acids is 2. The monoisotopic (exact) mass is 233 g/mol. The Labute approximate surface area is 99.6 Å². The molecule has 0 saturated carbocycles. The van der Waals surface area contributed by atoms with Crippen molar-refractivity contribution < 1.29 is 9.59 Å². The summed E-state index contributed by atoms with van der Waals surface area (Å²) >= 11 is 0. The first-order chi connectivity index (χ1) is 7.85. The van der Waals surface area contributed by atoms with Gasteiger partial charge in [-0.3, -0.25) is 9.59 Å². The van der Waals surface area contributed by atoms with Crippen molar-refractivity contribution in [3.05, 3.63) is 23.8 Å². The van der Waals surface area contributed by atoms with E-state index in [9.17, 15) is 9.59 Å². The van der Waals surface area contributed by atoms with Crippen molar-refractivity contribution in [3.8, 4) is 0 Å². The molecule has 0 radical (unpaired) electrons. The van der Waals surface area contributed by atoms with Crippen LogP contribution in [0.4, 0.5) is 11.4 Å². The molecule has 3 N–H and O–H groups in total. The molecule has 2 rings (SSSR count). The van der Waals surface area contributed by atoms with Crippen LogP contribution in [0.3, 0.4) is 0 Å². The Balaban J connectivity index is 2.65. The minimum absolute atomic E-state index is 0.224. The fourth-order valence-corrected chi connectivity index (χ4v) is 1.76. The molecule has 0 unspecified atom stereocenters. The summed E-state index contributed by atoms with van der Waals surface area (Å²) < 4.78 is 0. The van der Waals surface area contributed by atoms with Crippen LogP contribution in [0, 0.1) is 0 Å². The van der Waals surface area contributed by atoms with Crippen molar-refractivity contribution >= 4 is 23.2 Å². The Bertz CT molecular complexity index is 508. The molecule has 1 aromatic rings. The topological polar surface area (TPSA) is 75.4 Å². The zero-order chi connectivity index (χ0) is 12.8. The predicted molar refractivity (Wildman–Crippen MR) is 65.7 cm³/mol. The molecule has 90 valence electrons. The summed E-state index contributed by atoms with van der Waals surface area (Å²) in [4.78, 5) is 25.7. The molecule has 0 spiro atoms. The van der Waals surface area contributed by atoms with Crippen LogP contribution in [-0.2, 0) is 4.79 Å². The fourth-order valence-electron chi connectivity index (χ4n) is 1.76. The Kier molecular flexibility index (Phi) is 2.34. The quantitative estimate of drug-likeness (QED) is 0.658. The molecule has 1 heterocycles. The predicted octanol–water partition coefficient (Wildman–Crippen LogP) is 1.07. The maximum atomic E-state index is 12.3. The summed E-state index contributed by atoms with van der Waals surface area (Å²) in [5.41, 5.74) is 6.10. The van der Waals surface area contributed by atoms with E-state index in [0.29, 0.717) is 16.9 Å². The normalized spacial score (nSPS) is 18.4. The van der Waals surface area contributed by atoms with Crippen LogP contribution in [0.15, 0.2) is 18.2 Å². The number of hydrogen-bond donors (Lipinski definition) is 2. The van der Waals surface area contributed by atoms with E-state index < -0.39 is 5.54 Å². The average Bonchev–Trinajstić information content (AvgIpc) is 2.32. The summed E-state index contributed by atoms with van der Waals surface area (Å²) in [6.45, 7) is 3.39. The van der Waals surface area contributed by atoms with E-state index >= 15 is 0 Å². The van der Waals surface area contributed by atoms with Gasteiger partial charge in [-0.15, -0.1) is 0 Å². The van der Waals surface area contributed by atoms with Gasteiger partial charge >= 0.3 is 0 Å². The van der Waals surface area contributed by atoms with Gasteiger partial charge in [0.15, 0.2) is 0 Å². The number of nitrogens with zero attached hydrogens (tertiary/aromatic N) is 1. The highest BCUT2D eigenvalue weighted by Crippen LogP contribution is 2.30. The van der Waals surface area contributed by atoms with Crippen LogP contribution in [0.2, 0.25) is 0 Å². The van der Waals surface area contributed by atoms with Crippen molar-refractivity contribution in [2.75, 3.05) is 18.1 Å². The molecule has 0 bridgehead atoms. The highest BCUT2D eigenvalue weighted by molar-refractivity contribution is 6.13. The van der Waals surface area contributed by atoms with Gasteiger partial charge in [0, 0.05) is 12.7 Å². The molecule has 1 aliphatic rings. The lowest BCUT2D eigenvalue weighted by Gasteiger charge is -2.31. The number of nitrogens with one attached hydrogen (secondary N) is 1. The molecule has 17 heavy (non-hydrogen) atoms. The van der Waals surface area contributed by atoms with Gasteiger partial charge in [-0.1, -0.05) is 6.07 Å². The minimum Gasteiger partial charge on any atom is -0.398 e. The van der Waals surface area contributed by atoms with Gasteiger partial charge in [-0.25, -0.2) is 0 Å². The average molecular weight is 233 g/mol. The van der Waals surface area contributed by atoms with E-state index in [4.69, 9.17) is 5.73 Å². The zero-order valence-corrected chi connectivity index (χ0v) is 10.1. The number of anilines is 2. The number of likely N-dealkylation sites (N-methyl/N-ethyl adjacent to an activating group) is 1. The second-order valence-corrected chi connectivity index (χ2v) is 4.65. The summed E-state index contributed by atoms with van der Waals surface area (Å²) in [5.74, 6) is -0.473. The van der Waals surface area contributed by atoms with Crippen LogP contribution in [0.1, 0.15) is 24.2 Å². The summed E-state index contributed by atoms with van der Waals surface area (Å²) in [6.07, 6.45) is 0. The maximum Gasteiger partial charge on any atom is 0.258 e. The van der Waals surface area contributed by atoms with Gasteiger partial charge in [0.25, 0.3) is 5.91 Å². The lowest BCUT2D eigenvalue weighted by molar-refractivity contribution is -0.124. The third-order valence-electron chi connectivity index (χ3n) is 3.26. The van der Waals surface area contributed by atoms with Crippen molar-refractivity contribution in [3.63, 3.8) is 0 Å². The molecular formula is C12H15N3O2. The number of benzene rings is 1. The molecule has 1 aliphatic heterocycles. The second-order valence-electron chi connectivity index (χ2n) is 4.65. The number of rotatable bonds is 0. The zero-order valence-electron chi connectivity index (χ0n) is 10.1. The summed E-state index contributed by atoms with van der Waals surface area (Å²) in [6, 6.07) is 5.03. The fraction of sp³-hybridized carbons (Fsp3) is 0.333. The Morgan fingerprint density at radius 1 is 1.29 bits per heavy atom. The number of hydrogen-bond acceptors (Lipinski definition) is 3. The van der Waals surface area contributed by atoms with Gasteiger partial charge in [-0.05, 0) is 26.0 Å². The van der Waals surface area contributed by atoms with E-state index in [1.165, 1.54) is 4.90 Å². The van der Waals surface area contributed by atoms with Crippen LogP contribution < -0.4 is 11.1 Å². The van der Waals surface area contributed by atoms with Crippen LogP contribution in [0.5, 0.6) is 0 Å². The Morgan fingerprint density at radius 3 is 2.59 bits per heavy atom. The highest BCUT2D eigenvalue weighted by Gasteiger charge is 2.40. The van der Waals surface area contributed by atoms with E-state index in [-0.39, 0.29) is 11.8 Å². The van der Waals surface area contributed by atoms with Gasteiger partial charge in [0.2, 0.25) is 5.91 Å². The van der Waals surface area contributed by atoms with Gasteiger partial charge in [-0.2, -0.15) is 0 Å². The lowest BCUT2D eigenvalue weighted by Crippen LogP contribution is -2.51. The van der Waals surface area contributed by atoms with E-state index in [2.05, 4.69) is 5.32 Å². The molecule has 0 fully saturated rings. The third-order valence-corrected chi connectivity index (χ3v) is 3.26. The summed E-state index contributed by atoms with van der Waals surface area (Å²) in [7, 11) is 1.60. The molecule has 0 aliphatic carbocycles. The number of nitrogens with two attached hydrogens (primary N) is 1. The van der Waals surface area contributed by atoms with Crippen molar-refractivity contribution in [1.29, 1.82) is 0 Å².